The molecular weight excluding hydrogens is 323 g/mol. The molecule has 8 heteroatoms. The predicted octanol–water partition coefficient (Wildman–Crippen LogP) is 2.67. The van der Waals surface area contributed by atoms with Gasteiger partial charge in [-0.1, -0.05) is 12.2 Å². The van der Waals surface area contributed by atoms with E-state index in [0.29, 0.717) is 12.5 Å². The van der Waals surface area contributed by atoms with Gasteiger partial charge < -0.3 is 4.90 Å². The van der Waals surface area contributed by atoms with Crippen LogP contribution in [0, 0.1) is 17.2 Å². The van der Waals surface area contributed by atoms with Crippen LogP contribution in [0.25, 0.3) is 0 Å². The molecule has 2 saturated heterocycles. The third kappa shape index (κ3) is 1.81. The number of urea groups is 1. The first-order chi connectivity index (χ1) is 11.3. The molecule has 0 N–H and O–H groups in total. The lowest BCUT2D eigenvalue weighted by atomic mass is 10.0. The summed E-state index contributed by atoms with van der Waals surface area (Å²) < 4.78 is 39.3. The lowest BCUT2D eigenvalue weighted by Gasteiger charge is -2.22. The molecule has 1 aromatic rings. The van der Waals surface area contributed by atoms with E-state index < -0.39 is 35.3 Å². The van der Waals surface area contributed by atoms with Gasteiger partial charge in [0.15, 0.2) is 0 Å². The zero-order valence-electron chi connectivity index (χ0n) is 12.1. The van der Waals surface area contributed by atoms with Gasteiger partial charge in [-0.25, -0.2) is 9.69 Å². The van der Waals surface area contributed by atoms with Crippen molar-refractivity contribution in [1.82, 2.24) is 4.90 Å². The van der Waals surface area contributed by atoms with Crippen molar-refractivity contribution in [3.63, 3.8) is 0 Å². The summed E-state index contributed by atoms with van der Waals surface area (Å²) in [7, 11) is 0. The van der Waals surface area contributed by atoms with Crippen LogP contribution in [0.4, 0.5) is 23.7 Å². The van der Waals surface area contributed by atoms with Crippen LogP contribution in [-0.4, -0.2) is 28.9 Å². The van der Waals surface area contributed by atoms with Crippen LogP contribution in [-0.2, 0) is 11.0 Å². The molecule has 2 aliphatic heterocycles. The molecule has 0 unspecified atom stereocenters. The number of nitriles is 1. The molecule has 5 nitrogen and oxygen atoms in total. The molecule has 0 radical (unpaired) electrons. The molecule has 0 saturated carbocycles. The number of halogens is 3. The van der Waals surface area contributed by atoms with Crippen molar-refractivity contribution in [2.75, 3.05) is 4.90 Å². The minimum atomic E-state index is -4.75. The zero-order valence-corrected chi connectivity index (χ0v) is 12.1. The zero-order chi connectivity index (χ0) is 17.2. The van der Waals surface area contributed by atoms with Crippen LogP contribution in [0.3, 0.4) is 0 Å². The highest BCUT2D eigenvalue weighted by molar-refractivity contribution is 6.22. The maximum atomic E-state index is 13.1. The highest BCUT2D eigenvalue weighted by atomic mass is 19.4. The van der Waals surface area contributed by atoms with Gasteiger partial charge in [0.05, 0.1) is 28.9 Å². The highest BCUT2D eigenvalue weighted by Gasteiger charge is 2.57. The van der Waals surface area contributed by atoms with E-state index >= 15 is 0 Å². The first kappa shape index (κ1) is 14.8. The maximum absolute atomic E-state index is 13.1. The molecule has 0 aromatic heterocycles. The fraction of sp³-hybridized carbons (Fsp3) is 0.312. The SMILES string of the molecule is N#Cc1ccc(N2C(=O)[C@@H]3[C@@H]4C=C[C@@H](C4)N3C2=O)cc1C(F)(F)F. The molecule has 3 atom stereocenters. The van der Waals surface area contributed by atoms with Crippen molar-refractivity contribution in [3.05, 3.63) is 41.5 Å². The van der Waals surface area contributed by atoms with Crippen molar-refractivity contribution >= 4 is 17.6 Å². The smallest absolute Gasteiger partial charge is 0.305 e. The number of anilines is 1. The minimum Gasteiger partial charge on any atom is -0.305 e. The Morgan fingerprint density at radius 3 is 2.58 bits per heavy atom. The van der Waals surface area contributed by atoms with Gasteiger partial charge in [0.1, 0.15) is 6.04 Å². The summed E-state index contributed by atoms with van der Waals surface area (Å²) >= 11 is 0. The highest BCUT2D eigenvalue weighted by Crippen LogP contribution is 2.44. The Hall–Kier alpha value is -2.82. The average molecular weight is 333 g/mol. The van der Waals surface area contributed by atoms with Crippen LogP contribution >= 0.6 is 0 Å². The number of rotatable bonds is 1. The topological polar surface area (TPSA) is 64.4 Å². The van der Waals surface area contributed by atoms with E-state index in [1.165, 1.54) is 17.0 Å². The summed E-state index contributed by atoms with van der Waals surface area (Å²) in [5.41, 5.74) is -1.87. The number of carbonyl (C=O) groups is 2. The van der Waals surface area contributed by atoms with E-state index in [1.807, 2.05) is 12.2 Å². The Bertz CT molecular complexity index is 810. The first-order valence-corrected chi connectivity index (χ1v) is 7.29. The van der Waals surface area contributed by atoms with Gasteiger partial charge in [0, 0.05) is 5.92 Å². The number of fused-ring (bicyclic) bond motifs is 5. The number of hydrogen-bond acceptors (Lipinski definition) is 3. The molecule has 3 amide bonds. The van der Waals surface area contributed by atoms with Crippen molar-refractivity contribution in [1.29, 1.82) is 5.26 Å². The van der Waals surface area contributed by atoms with Crippen LogP contribution in [0.1, 0.15) is 17.5 Å². The Balaban J connectivity index is 1.77. The Morgan fingerprint density at radius 1 is 1.21 bits per heavy atom. The van der Waals surface area contributed by atoms with Gasteiger partial charge in [0.2, 0.25) is 0 Å². The first-order valence-electron chi connectivity index (χ1n) is 7.29. The molecule has 0 spiro atoms. The average Bonchev–Trinajstić information content (AvgIpc) is 3.20. The summed E-state index contributed by atoms with van der Waals surface area (Å²) in [5, 5.41) is 8.84. The van der Waals surface area contributed by atoms with Gasteiger partial charge in [-0.3, -0.25) is 4.79 Å². The maximum Gasteiger partial charge on any atom is 0.417 e. The summed E-state index contributed by atoms with van der Waals surface area (Å²) in [6.07, 6.45) is -0.350. The summed E-state index contributed by atoms with van der Waals surface area (Å²) in [6, 6.07) is 2.91. The second-order valence-electron chi connectivity index (χ2n) is 6.00. The Labute approximate surface area is 134 Å². The molecule has 2 fully saturated rings. The number of amides is 3. The second-order valence-corrected chi connectivity index (χ2v) is 6.00. The molecule has 1 aliphatic carbocycles. The van der Waals surface area contributed by atoms with Gasteiger partial charge in [-0.05, 0) is 24.6 Å². The fourth-order valence-electron chi connectivity index (χ4n) is 3.71. The van der Waals surface area contributed by atoms with E-state index in [-0.39, 0.29) is 17.6 Å². The largest absolute Gasteiger partial charge is 0.417 e. The normalized spacial score (nSPS) is 27.8. The lowest BCUT2D eigenvalue weighted by molar-refractivity contribution is -0.137. The van der Waals surface area contributed by atoms with Crippen molar-refractivity contribution in [3.8, 4) is 6.07 Å². The molecule has 24 heavy (non-hydrogen) atoms. The van der Waals surface area contributed by atoms with Crippen molar-refractivity contribution in [2.24, 2.45) is 5.92 Å². The van der Waals surface area contributed by atoms with E-state index in [2.05, 4.69) is 0 Å². The lowest BCUT2D eigenvalue weighted by Crippen LogP contribution is -2.38. The van der Waals surface area contributed by atoms with Gasteiger partial charge >= 0.3 is 12.2 Å². The molecular formula is C16H10F3N3O2. The third-order valence-corrected chi connectivity index (χ3v) is 4.73. The molecule has 2 heterocycles. The standard InChI is InChI=1S/C16H10F3N3O2/c17-16(18,19)12-6-11(4-2-9(12)7-20)22-14(23)13-8-1-3-10(5-8)21(13)15(22)24/h1-4,6,8,10,13H,5H2/t8-,10+,13+/m1/s1. The molecule has 4 rings (SSSR count). The summed E-state index contributed by atoms with van der Waals surface area (Å²) in [5.74, 6) is -0.605. The van der Waals surface area contributed by atoms with Crippen LogP contribution in [0.15, 0.2) is 30.4 Å². The van der Waals surface area contributed by atoms with Crippen LogP contribution in [0.2, 0.25) is 0 Å². The predicted molar refractivity (Wildman–Crippen MR) is 75.7 cm³/mol. The number of carbonyl (C=O) groups excluding carboxylic acids is 2. The Morgan fingerprint density at radius 2 is 1.96 bits per heavy atom. The molecule has 122 valence electrons. The summed E-state index contributed by atoms with van der Waals surface area (Å²) in [4.78, 5) is 27.4. The third-order valence-electron chi connectivity index (χ3n) is 4.73. The molecule has 3 aliphatic rings. The molecule has 2 bridgehead atoms. The minimum absolute atomic E-state index is 0.0862. The van der Waals surface area contributed by atoms with E-state index in [1.54, 1.807) is 0 Å². The quantitative estimate of drug-likeness (QED) is 0.586. The van der Waals surface area contributed by atoms with Crippen molar-refractivity contribution < 1.29 is 22.8 Å². The van der Waals surface area contributed by atoms with Gasteiger partial charge in [-0.15, -0.1) is 0 Å². The number of hydrogen-bond donors (Lipinski definition) is 0. The summed E-state index contributed by atoms with van der Waals surface area (Å²) in [6.45, 7) is 0. The van der Waals surface area contributed by atoms with Crippen LogP contribution < -0.4 is 4.90 Å². The van der Waals surface area contributed by atoms with E-state index in [0.717, 1.165) is 11.0 Å². The van der Waals surface area contributed by atoms with E-state index in [4.69, 9.17) is 5.26 Å². The van der Waals surface area contributed by atoms with Gasteiger partial charge in [-0.2, -0.15) is 18.4 Å². The van der Waals surface area contributed by atoms with E-state index in [9.17, 15) is 22.8 Å². The van der Waals surface area contributed by atoms with Gasteiger partial charge in [0.25, 0.3) is 5.91 Å². The monoisotopic (exact) mass is 333 g/mol. The van der Waals surface area contributed by atoms with Crippen LogP contribution in [0.5, 0.6) is 0 Å². The number of benzene rings is 1. The Kier molecular flexibility index (Phi) is 2.83. The number of nitrogens with zero attached hydrogens (tertiary/aromatic N) is 3. The molecule has 1 aromatic carbocycles. The second kappa shape index (κ2) is 4.60. The number of alkyl halides is 3. The fourth-order valence-corrected chi connectivity index (χ4v) is 3.71. The van der Waals surface area contributed by atoms with Crippen molar-refractivity contribution in [2.45, 2.75) is 24.7 Å². The number of imide groups is 1.